The molecule has 148 valence electrons. The van der Waals surface area contributed by atoms with E-state index in [4.69, 9.17) is 4.74 Å². The number of benzene rings is 2. The van der Waals surface area contributed by atoms with Crippen LogP contribution in [0.2, 0.25) is 0 Å². The van der Waals surface area contributed by atoms with Crippen molar-refractivity contribution in [1.82, 2.24) is 5.32 Å². The number of halogens is 1. The number of thioether (sulfide) groups is 1. The highest BCUT2D eigenvalue weighted by Crippen LogP contribution is 2.22. The Bertz CT molecular complexity index is 859. The Morgan fingerprint density at radius 3 is 2.29 bits per heavy atom. The van der Waals surface area contributed by atoms with E-state index in [0.717, 1.165) is 17.3 Å². The van der Waals surface area contributed by atoms with E-state index in [9.17, 15) is 18.8 Å². The molecule has 0 aliphatic rings. The van der Waals surface area contributed by atoms with Gasteiger partial charge in [0.05, 0.1) is 5.75 Å². The predicted octanol–water partition coefficient (Wildman–Crippen LogP) is 3.72. The van der Waals surface area contributed by atoms with Crippen molar-refractivity contribution in [2.45, 2.75) is 31.1 Å². The Labute approximate surface area is 167 Å². The lowest BCUT2D eigenvalue weighted by Gasteiger charge is -2.18. The molecule has 0 aliphatic heterocycles. The number of carbonyl (C=O) groups excluding carboxylic acids is 3. The second kappa shape index (κ2) is 9.50. The standard InChI is InChI=1S/C21H22FNO4S/c1-21(2,3)15-10-8-14(9-11-15)20(26)23-18(24)12-27-19(25)13-28-17-7-5-4-6-16(17)22/h4-11H,12-13H2,1-3H3,(H,23,24,26). The van der Waals surface area contributed by atoms with Crippen LogP contribution in [0.4, 0.5) is 4.39 Å². The van der Waals surface area contributed by atoms with Gasteiger partial charge in [-0.25, -0.2) is 4.39 Å². The van der Waals surface area contributed by atoms with Gasteiger partial charge in [0.25, 0.3) is 11.8 Å². The predicted molar refractivity (Wildman–Crippen MR) is 106 cm³/mol. The van der Waals surface area contributed by atoms with Gasteiger partial charge in [-0.1, -0.05) is 45.0 Å². The lowest BCUT2D eigenvalue weighted by molar-refractivity contribution is -0.145. The Morgan fingerprint density at radius 1 is 1.04 bits per heavy atom. The lowest BCUT2D eigenvalue weighted by atomic mass is 9.87. The number of hydrogen-bond acceptors (Lipinski definition) is 5. The number of esters is 1. The molecule has 0 heterocycles. The molecule has 0 saturated heterocycles. The van der Waals surface area contributed by atoms with E-state index in [-0.39, 0.29) is 11.2 Å². The number of nitrogens with one attached hydrogen (secondary N) is 1. The molecule has 0 unspecified atom stereocenters. The van der Waals surface area contributed by atoms with Crippen molar-refractivity contribution < 1.29 is 23.5 Å². The number of rotatable bonds is 6. The first-order valence-corrected chi connectivity index (χ1v) is 9.63. The van der Waals surface area contributed by atoms with Crippen molar-refractivity contribution in [3.8, 4) is 0 Å². The summed E-state index contributed by atoms with van der Waals surface area (Å²) in [7, 11) is 0. The van der Waals surface area contributed by atoms with Crippen LogP contribution in [0.25, 0.3) is 0 Å². The summed E-state index contributed by atoms with van der Waals surface area (Å²) in [6.45, 7) is 5.60. The molecule has 0 radical (unpaired) electrons. The number of hydrogen-bond donors (Lipinski definition) is 1. The van der Waals surface area contributed by atoms with Crippen molar-refractivity contribution in [3.63, 3.8) is 0 Å². The van der Waals surface area contributed by atoms with Gasteiger partial charge in [-0.3, -0.25) is 19.7 Å². The largest absolute Gasteiger partial charge is 0.455 e. The molecule has 0 fully saturated rings. The summed E-state index contributed by atoms with van der Waals surface area (Å²) in [5, 5.41) is 2.17. The molecule has 0 atom stereocenters. The summed E-state index contributed by atoms with van der Waals surface area (Å²) in [6, 6.07) is 13.0. The molecular formula is C21H22FNO4S. The van der Waals surface area contributed by atoms with Crippen molar-refractivity contribution in [3.05, 3.63) is 65.5 Å². The minimum absolute atomic E-state index is 0.0420. The van der Waals surface area contributed by atoms with Crippen molar-refractivity contribution >= 4 is 29.5 Å². The van der Waals surface area contributed by atoms with Crippen LogP contribution in [0.5, 0.6) is 0 Å². The molecule has 0 aliphatic carbocycles. The molecule has 2 aromatic carbocycles. The molecule has 0 bridgehead atoms. The monoisotopic (exact) mass is 403 g/mol. The van der Waals surface area contributed by atoms with Gasteiger partial charge in [0, 0.05) is 10.5 Å². The number of ether oxygens (including phenoxy) is 1. The molecular weight excluding hydrogens is 381 g/mol. The smallest absolute Gasteiger partial charge is 0.316 e. The Morgan fingerprint density at radius 2 is 1.68 bits per heavy atom. The normalized spacial score (nSPS) is 11.0. The summed E-state index contributed by atoms with van der Waals surface area (Å²) in [5.74, 6) is -2.54. The van der Waals surface area contributed by atoms with Gasteiger partial charge in [0.1, 0.15) is 5.82 Å². The summed E-state index contributed by atoms with van der Waals surface area (Å²) in [4.78, 5) is 35.9. The summed E-state index contributed by atoms with van der Waals surface area (Å²) in [5.41, 5.74) is 1.36. The highest BCUT2D eigenvalue weighted by atomic mass is 32.2. The van der Waals surface area contributed by atoms with Crippen LogP contribution < -0.4 is 5.32 Å². The van der Waals surface area contributed by atoms with Crippen LogP contribution >= 0.6 is 11.8 Å². The van der Waals surface area contributed by atoms with Crippen molar-refractivity contribution in [2.75, 3.05) is 12.4 Å². The molecule has 2 amide bonds. The summed E-state index contributed by atoms with van der Waals surface area (Å²) >= 11 is 0.973. The van der Waals surface area contributed by atoms with Gasteiger partial charge in [-0.05, 0) is 35.2 Å². The third-order valence-electron chi connectivity index (χ3n) is 3.81. The van der Waals surface area contributed by atoms with E-state index in [1.54, 1.807) is 30.3 Å². The topological polar surface area (TPSA) is 72.5 Å². The summed E-state index contributed by atoms with van der Waals surface area (Å²) < 4.78 is 18.3. The minimum Gasteiger partial charge on any atom is -0.455 e. The van der Waals surface area contributed by atoms with Gasteiger partial charge >= 0.3 is 5.97 Å². The van der Waals surface area contributed by atoms with Crippen LogP contribution in [-0.2, 0) is 19.7 Å². The molecule has 0 saturated carbocycles. The fourth-order valence-corrected chi connectivity index (χ4v) is 2.98. The quantitative estimate of drug-likeness (QED) is 0.588. The average molecular weight is 403 g/mol. The zero-order valence-electron chi connectivity index (χ0n) is 16.0. The first kappa shape index (κ1) is 21.6. The third-order valence-corrected chi connectivity index (χ3v) is 4.83. The number of imide groups is 1. The van der Waals surface area contributed by atoms with E-state index in [1.165, 1.54) is 6.07 Å². The molecule has 7 heteroatoms. The maximum atomic E-state index is 13.5. The third kappa shape index (κ3) is 6.49. The Kier molecular flexibility index (Phi) is 7.34. The first-order chi connectivity index (χ1) is 13.2. The second-order valence-corrected chi connectivity index (χ2v) is 8.10. The molecule has 2 rings (SSSR count). The fourth-order valence-electron chi connectivity index (χ4n) is 2.24. The molecule has 0 aromatic heterocycles. The Balaban J connectivity index is 1.77. The van der Waals surface area contributed by atoms with E-state index in [1.807, 2.05) is 12.1 Å². The fraction of sp³-hybridized carbons (Fsp3) is 0.286. The van der Waals surface area contributed by atoms with Crippen LogP contribution in [0, 0.1) is 5.82 Å². The first-order valence-electron chi connectivity index (χ1n) is 8.64. The van der Waals surface area contributed by atoms with E-state index < -0.39 is 30.2 Å². The van der Waals surface area contributed by atoms with E-state index in [2.05, 4.69) is 26.1 Å². The maximum absolute atomic E-state index is 13.5. The molecule has 2 aromatic rings. The van der Waals surface area contributed by atoms with Crippen molar-refractivity contribution in [1.29, 1.82) is 0 Å². The average Bonchev–Trinajstić information content (AvgIpc) is 2.65. The van der Waals surface area contributed by atoms with Crippen molar-refractivity contribution in [2.24, 2.45) is 0 Å². The zero-order chi connectivity index (χ0) is 20.7. The van der Waals surface area contributed by atoms with Gasteiger partial charge in [-0.15, -0.1) is 11.8 Å². The Hall–Kier alpha value is -2.67. The van der Waals surface area contributed by atoms with E-state index >= 15 is 0 Å². The zero-order valence-corrected chi connectivity index (χ0v) is 16.8. The second-order valence-electron chi connectivity index (χ2n) is 7.08. The number of amides is 2. The lowest BCUT2D eigenvalue weighted by Crippen LogP contribution is -2.34. The highest BCUT2D eigenvalue weighted by molar-refractivity contribution is 8.00. The highest BCUT2D eigenvalue weighted by Gasteiger charge is 2.16. The molecule has 28 heavy (non-hydrogen) atoms. The minimum atomic E-state index is -0.728. The summed E-state index contributed by atoms with van der Waals surface area (Å²) in [6.07, 6.45) is 0. The molecule has 0 spiro atoms. The van der Waals surface area contributed by atoms with Gasteiger partial charge in [0.15, 0.2) is 6.61 Å². The molecule has 5 nitrogen and oxygen atoms in total. The van der Waals surface area contributed by atoms with Gasteiger partial charge in [0.2, 0.25) is 0 Å². The van der Waals surface area contributed by atoms with Crippen LogP contribution in [0.1, 0.15) is 36.7 Å². The number of carbonyl (C=O) groups is 3. The maximum Gasteiger partial charge on any atom is 0.316 e. The van der Waals surface area contributed by atoms with Gasteiger partial charge in [-0.2, -0.15) is 0 Å². The SMILES string of the molecule is CC(C)(C)c1ccc(C(=O)NC(=O)COC(=O)CSc2ccccc2F)cc1. The van der Waals surface area contributed by atoms with Crippen LogP contribution in [0.3, 0.4) is 0 Å². The van der Waals surface area contributed by atoms with E-state index in [0.29, 0.717) is 10.5 Å². The van der Waals surface area contributed by atoms with Gasteiger partial charge < -0.3 is 4.74 Å². The van der Waals surface area contributed by atoms with Crippen LogP contribution in [0.15, 0.2) is 53.4 Å². The molecule has 1 N–H and O–H groups in total. The van der Waals surface area contributed by atoms with Crippen LogP contribution in [-0.4, -0.2) is 30.1 Å².